The highest BCUT2D eigenvalue weighted by Crippen LogP contribution is 2.32. The molecule has 0 bridgehead atoms. The lowest BCUT2D eigenvalue weighted by molar-refractivity contribution is -0.137. The number of thiocarbonyl (C=S) groups is 1. The van der Waals surface area contributed by atoms with E-state index in [9.17, 15) is 9.59 Å². The van der Waals surface area contributed by atoms with E-state index in [2.05, 4.69) is 0 Å². The molecule has 94 valence electrons. The van der Waals surface area contributed by atoms with Crippen molar-refractivity contribution in [2.24, 2.45) is 0 Å². The van der Waals surface area contributed by atoms with E-state index in [4.69, 9.17) is 17.3 Å². The summed E-state index contributed by atoms with van der Waals surface area (Å²) in [6, 6.07) is 1.91. The highest BCUT2D eigenvalue weighted by molar-refractivity contribution is 8.26. The molecule has 0 atom stereocenters. The van der Waals surface area contributed by atoms with E-state index in [1.54, 1.807) is 17.4 Å². The lowest BCUT2D eigenvalue weighted by Gasteiger charge is -2.12. The van der Waals surface area contributed by atoms with Crippen LogP contribution >= 0.6 is 35.3 Å². The zero-order valence-corrected chi connectivity index (χ0v) is 11.6. The average Bonchev–Trinajstić information content (AvgIpc) is 2.88. The van der Waals surface area contributed by atoms with Gasteiger partial charge < -0.3 is 5.11 Å². The van der Waals surface area contributed by atoms with Crippen molar-refractivity contribution in [2.45, 2.75) is 6.42 Å². The van der Waals surface area contributed by atoms with Crippen molar-refractivity contribution in [2.75, 3.05) is 6.54 Å². The third-order valence-electron chi connectivity index (χ3n) is 2.26. The van der Waals surface area contributed by atoms with Gasteiger partial charge in [-0.05, 0) is 28.5 Å². The van der Waals surface area contributed by atoms with Gasteiger partial charge in [-0.25, -0.2) is 0 Å². The Morgan fingerprint density at radius 3 is 2.94 bits per heavy atom. The number of aliphatic carboxylic acids is 1. The fourth-order valence-electron chi connectivity index (χ4n) is 1.41. The summed E-state index contributed by atoms with van der Waals surface area (Å²) in [6.45, 7) is 0.126. The van der Waals surface area contributed by atoms with Crippen LogP contribution in [0.2, 0.25) is 0 Å². The molecule has 4 nitrogen and oxygen atoms in total. The SMILES string of the molecule is O=C(O)CCN1C(=O)/C(=C\c2ccsc2)SC1=S. The second-order valence-electron chi connectivity index (χ2n) is 3.53. The molecule has 2 heterocycles. The molecule has 0 radical (unpaired) electrons. The van der Waals surface area contributed by atoms with Gasteiger partial charge in [0, 0.05) is 6.54 Å². The summed E-state index contributed by atoms with van der Waals surface area (Å²) in [5.74, 6) is -1.15. The van der Waals surface area contributed by atoms with Crippen LogP contribution in [-0.2, 0) is 9.59 Å². The first-order valence-corrected chi connectivity index (χ1v) is 7.24. The summed E-state index contributed by atoms with van der Waals surface area (Å²) >= 11 is 7.84. The Morgan fingerprint density at radius 1 is 1.56 bits per heavy atom. The first kappa shape index (κ1) is 13.3. The van der Waals surface area contributed by atoms with Crippen LogP contribution < -0.4 is 0 Å². The number of carbonyl (C=O) groups is 2. The quantitative estimate of drug-likeness (QED) is 0.683. The van der Waals surface area contributed by atoms with Gasteiger partial charge >= 0.3 is 5.97 Å². The van der Waals surface area contributed by atoms with E-state index < -0.39 is 5.97 Å². The first-order chi connectivity index (χ1) is 8.58. The third kappa shape index (κ3) is 2.98. The molecular formula is C11H9NO3S3. The van der Waals surface area contributed by atoms with E-state index in [1.165, 1.54) is 16.7 Å². The van der Waals surface area contributed by atoms with Gasteiger partial charge in [0.1, 0.15) is 4.32 Å². The van der Waals surface area contributed by atoms with Gasteiger partial charge in [-0.15, -0.1) is 0 Å². The predicted molar refractivity (Wildman–Crippen MR) is 76.5 cm³/mol. The number of carboxylic acid groups (broad SMARTS) is 1. The van der Waals surface area contributed by atoms with Crippen LogP contribution in [0.1, 0.15) is 12.0 Å². The number of amides is 1. The molecule has 0 saturated carbocycles. The molecule has 1 N–H and O–H groups in total. The Balaban J connectivity index is 2.11. The molecule has 2 rings (SSSR count). The third-order valence-corrected chi connectivity index (χ3v) is 4.34. The summed E-state index contributed by atoms with van der Waals surface area (Å²) in [6.07, 6.45) is 1.68. The highest BCUT2D eigenvalue weighted by atomic mass is 32.2. The summed E-state index contributed by atoms with van der Waals surface area (Å²) in [7, 11) is 0. The number of thiophene rings is 1. The van der Waals surface area contributed by atoms with Gasteiger partial charge in [-0.2, -0.15) is 11.3 Å². The van der Waals surface area contributed by atoms with Crippen molar-refractivity contribution >= 4 is 57.6 Å². The lowest BCUT2D eigenvalue weighted by atomic mass is 10.3. The molecule has 0 aromatic carbocycles. The molecule has 18 heavy (non-hydrogen) atoms. The molecule has 0 aliphatic carbocycles. The molecular weight excluding hydrogens is 290 g/mol. The van der Waals surface area contributed by atoms with Crippen molar-refractivity contribution in [1.29, 1.82) is 0 Å². The molecule has 1 aromatic heterocycles. The van der Waals surface area contributed by atoms with Crippen LogP contribution in [0.25, 0.3) is 6.08 Å². The largest absolute Gasteiger partial charge is 0.481 e. The molecule has 1 aromatic rings. The molecule has 1 saturated heterocycles. The highest BCUT2D eigenvalue weighted by Gasteiger charge is 2.31. The summed E-state index contributed by atoms with van der Waals surface area (Å²) in [5, 5.41) is 12.5. The normalized spacial score (nSPS) is 17.8. The fraction of sp³-hybridized carbons (Fsp3) is 0.182. The number of carbonyl (C=O) groups excluding carboxylic acids is 1. The monoisotopic (exact) mass is 299 g/mol. The molecule has 0 unspecified atom stereocenters. The van der Waals surface area contributed by atoms with E-state index in [0.29, 0.717) is 9.23 Å². The molecule has 1 aliphatic rings. The molecule has 1 fully saturated rings. The van der Waals surface area contributed by atoms with E-state index in [-0.39, 0.29) is 18.9 Å². The number of hydrogen-bond donors (Lipinski definition) is 1. The number of thioether (sulfide) groups is 1. The standard InChI is InChI=1S/C11H9NO3S3/c13-9(14)1-3-12-10(15)8(18-11(12)16)5-7-2-4-17-6-7/h2,4-6H,1,3H2,(H,13,14)/b8-5+. The molecule has 1 amide bonds. The van der Waals surface area contributed by atoms with Gasteiger partial charge in [0.25, 0.3) is 5.91 Å². The maximum Gasteiger partial charge on any atom is 0.305 e. The number of hydrogen-bond acceptors (Lipinski definition) is 5. The minimum atomic E-state index is -0.939. The van der Waals surface area contributed by atoms with Gasteiger partial charge in [-0.3, -0.25) is 14.5 Å². The Morgan fingerprint density at radius 2 is 2.33 bits per heavy atom. The van der Waals surface area contributed by atoms with Crippen molar-refractivity contribution in [1.82, 2.24) is 4.90 Å². The predicted octanol–water partition coefficient (Wildman–Crippen LogP) is 2.42. The lowest BCUT2D eigenvalue weighted by Crippen LogP contribution is -2.30. The minimum Gasteiger partial charge on any atom is -0.481 e. The summed E-state index contributed by atoms with van der Waals surface area (Å²) in [4.78, 5) is 24.4. The van der Waals surface area contributed by atoms with Gasteiger partial charge in [0.2, 0.25) is 0 Å². The van der Waals surface area contributed by atoms with E-state index >= 15 is 0 Å². The zero-order valence-electron chi connectivity index (χ0n) is 9.16. The fourth-order valence-corrected chi connectivity index (χ4v) is 3.34. The Bertz CT molecular complexity index is 522. The van der Waals surface area contributed by atoms with Crippen LogP contribution in [0.5, 0.6) is 0 Å². The smallest absolute Gasteiger partial charge is 0.305 e. The van der Waals surface area contributed by atoms with Crippen molar-refractivity contribution in [3.8, 4) is 0 Å². The summed E-state index contributed by atoms with van der Waals surface area (Å²) in [5.41, 5.74) is 0.957. The van der Waals surface area contributed by atoms with Gasteiger partial charge in [-0.1, -0.05) is 24.0 Å². The maximum absolute atomic E-state index is 12.0. The van der Waals surface area contributed by atoms with Crippen LogP contribution in [0.15, 0.2) is 21.7 Å². The number of rotatable bonds is 4. The Hall–Kier alpha value is -1.18. The van der Waals surface area contributed by atoms with Crippen LogP contribution in [0.3, 0.4) is 0 Å². The van der Waals surface area contributed by atoms with Crippen molar-refractivity contribution < 1.29 is 14.7 Å². The number of nitrogens with zero attached hydrogens (tertiary/aromatic N) is 1. The summed E-state index contributed by atoms with van der Waals surface area (Å²) < 4.78 is 0.419. The maximum atomic E-state index is 12.0. The van der Waals surface area contributed by atoms with Crippen LogP contribution in [-0.4, -0.2) is 32.7 Å². The number of carboxylic acids is 1. The van der Waals surface area contributed by atoms with Gasteiger partial charge in [0.05, 0.1) is 11.3 Å². The van der Waals surface area contributed by atoms with Crippen molar-refractivity contribution in [3.63, 3.8) is 0 Å². The topological polar surface area (TPSA) is 57.6 Å². The zero-order chi connectivity index (χ0) is 13.1. The first-order valence-electron chi connectivity index (χ1n) is 5.07. The van der Waals surface area contributed by atoms with E-state index in [1.807, 2.05) is 16.8 Å². The molecule has 0 spiro atoms. The van der Waals surface area contributed by atoms with Crippen LogP contribution in [0.4, 0.5) is 0 Å². The molecule has 1 aliphatic heterocycles. The van der Waals surface area contributed by atoms with E-state index in [0.717, 1.165) is 5.56 Å². The Labute approximate surface area is 117 Å². The average molecular weight is 299 g/mol. The second-order valence-corrected chi connectivity index (χ2v) is 5.99. The Kier molecular flexibility index (Phi) is 4.15. The minimum absolute atomic E-state index is 0.0990. The van der Waals surface area contributed by atoms with Crippen LogP contribution in [0, 0.1) is 0 Å². The van der Waals surface area contributed by atoms with Crippen molar-refractivity contribution in [3.05, 3.63) is 27.3 Å². The van der Waals surface area contributed by atoms with Gasteiger partial charge in [0.15, 0.2) is 0 Å². The molecule has 7 heteroatoms. The second kappa shape index (κ2) is 5.64.